The molecule has 1 spiro atoms. The lowest BCUT2D eigenvalue weighted by molar-refractivity contribution is -0.121. The average Bonchev–Trinajstić information content (AvgIpc) is 2.94. The predicted molar refractivity (Wildman–Crippen MR) is 89.1 cm³/mol. The van der Waals surface area contributed by atoms with Crippen molar-refractivity contribution in [2.45, 2.75) is 24.7 Å². The SMILES string of the molecule is NC(=O)[C@H]1CCC2(C1)c1ccccc1C=Cc1ccccc12. The Hall–Kier alpha value is -2.35. The van der Waals surface area contributed by atoms with E-state index in [1.807, 2.05) is 0 Å². The third kappa shape index (κ3) is 1.83. The molecule has 22 heavy (non-hydrogen) atoms. The summed E-state index contributed by atoms with van der Waals surface area (Å²) in [7, 11) is 0. The number of amides is 1. The summed E-state index contributed by atoms with van der Waals surface area (Å²) >= 11 is 0. The van der Waals surface area contributed by atoms with E-state index in [0.717, 1.165) is 19.3 Å². The Balaban J connectivity index is 1.97. The van der Waals surface area contributed by atoms with E-state index in [9.17, 15) is 4.79 Å². The molecule has 2 aliphatic carbocycles. The van der Waals surface area contributed by atoms with Gasteiger partial charge in [0.1, 0.15) is 0 Å². The van der Waals surface area contributed by atoms with Crippen LogP contribution in [0.1, 0.15) is 41.5 Å². The van der Waals surface area contributed by atoms with E-state index in [4.69, 9.17) is 5.73 Å². The van der Waals surface area contributed by atoms with Crippen molar-refractivity contribution < 1.29 is 4.79 Å². The highest BCUT2D eigenvalue weighted by atomic mass is 16.1. The van der Waals surface area contributed by atoms with Crippen LogP contribution >= 0.6 is 0 Å². The quantitative estimate of drug-likeness (QED) is 0.853. The summed E-state index contributed by atoms with van der Waals surface area (Å²) in [6.07, 6.45) is 7.06. The van der Waals surface area contributed by atoms with Crippen molar-refractivity contribution in [3.63, 3.8) is 0 Å². The molecule has 0 bridgehead atoms. The fraction of sp³-hybridized carbons (Fsp3) is 0.250. The lowest BCUT2D eigenvalue weighted by Crippen LogP contribution is -2.28. The van der Waals surface area contributed by atoms with Gasteiger partial charge < -0.3 is 5.73 Å². The van der Waals surface area contributed by atoms with Crippen LogP contribution < -0.4 is 5.73 Å². The number of hydrogen-bond acceptors (Lipinski definition) is 1. The van der Waals surface area contributed by atoms with Crippen molar-refractivity contribution in [2.24, 2.45) is 11.7 Å². The van der Waals surface area contributed by atoms with Crippen molar-refractivity contribution >= 4 is 18.1 Å². The maximum absolute atomic E-state index is 11.7. The molecule has 0 heterocycles. The van der Waals surface area contributed by atoms with Crippen molar-refractivity contribution in [1.82, 2.24) is 0 Å². The molecule has 2 heteroatoms. The van der Waals surface area contributed by atoms with Crippen LogP contribution in [0.25, 0.3) is 12.2 Å². The van der Waals surface area contributed by atoms with E-state index < -0.39 is 0 Å². The number of benzene rings is 2. The second kappa shape index (κ2) is 4.84. The molecule has 1 amide bonds. The molecule has 4 rings (SSSR count). The number of nitrogens with two attached hydrogens (primary N) is 1. The Morgan fingerprint density at radius 2 is 1.50 bits per heavy atom. The molecular weight excluding hydrogens is 270 g/mol. The van der Waals surface area contributed by atoms with Gasteiger partial charge in [-0.3, -0.25) is 4.79 Å². The Kier molecular flexibility index (Phi) is 2.93. The van der Waals surface area contributed by atoms with Crippen molar-refractivity contribution in [3.05, 3.63) is 70.8 Å². The van der Waals surface area contributed by atoms with Gasteiger partial charge in [0.25, 0.3) is 0 Å². The summed E-state index contributed by atoms with van der Waals surface area (Å²) in [6, 6.07) is 17.1. The molecule has 0 unspecified atom stereocenters. The zero-order valence-corrected chi connectivity index (χ0v) is 12.5. The summed E-state index contributed by atoms with van der Waals surface area (Å²) in [4.78, 5) is 11.7. The van der Waals surface area contributed by atoms with Crippen LogP contribution in [0.3, 0.4) is 0 Å². The normalized spacial score (nSPS) is 21.2. The molecule has 2 aliphatic rings. The van der Waals surface area contributed by atoms with Gasteiger partial charge in [0, 0.05) is 11.3 Å². The molecule has 2 aromatic carbocycles. The smallest absolute Gasteiger partial charge is 0.220 e. The minimum Gasteiger partial charge on any atom is -0.369 e. The molecule has 1 saturated carbocycles. The highest BCUT2D eigenvalue weighted by Crippen LogP contribution is 2.52. The van der Waals surface area contributed by atoms with E-state index in [1.54, 1.807) is 0 Å². The fourth-order valence-corrected chi connectivity index (χ4v) is 4.26. The van der Waals surface area contributed by atoms with Gasteiger partial charge in [-0.15, -0.1) is 0 Å². The molecule has 0 aromatic heterocycles. The summed E-state index contributed by atoms with van der Waals surface area (Å²) in [5.74, 6) is -0.191. The molecule has 2 aromatic rings. The van der Waals surface area contributed by atoms with Gasteiger partial charge in [0.15, 0.2) is 0 Å². The van der Waals surface area contributed by atoms with E-state index >= 15 is 0 Å². The van der Waals surface area contributed by atoms with Crippen LogP contribution in [0.5, 0.6) is 0 Å². The average molecular weight is 289 g/mol. The number of carbonyl (C=O) groups excluding carboxylic acids is 1. The minimum atomic E-state index is -0.163. The van der Waals surface area contributed by atoms with E-state index in [2.05, 4.69) is 60.7 Å². The second-order valence-electron chi connectivity index (χ2n) is 6.43. The topological polar surface area (TPSA) is 43.1 Å². The number of carbonyl (C=O) groups is 1. The van der Waals surface area contributed by atoms with Crippen LogP contribution in [-0.4, -0.2) is 5.91 Å². The zero-order valence-electron chi connectivity index (χ0n) is 12.5. The van der Waals surface area contributed by atoms with E-state index in [1.165, 1.54) is 22.3 Å². The lowest BCUT2D eigenvalue weighted by atomic mass is 9.70. The number of rotatable bonds is 1. The maximum atomic E-state index is 11.7. The molecule has 0 saturated heterocycles. The van der Waals surface area contributed by atoms with Crippen LogP contribution in [0.2, 0.25) is 0 Å². The molecule has 1 atom stereocenters. The highest BCUT2D eigenvalue weighted by Gasteiger charge is 2.45. The first-order valence-electron chi connectivity index (χ1n) is 7.87. The predicted octanol–water partition coefficient (Wildman–Crippen LogP) is 3.74. The molecule has 110 valence electrons. The highest BCUT2D eigenvalue weighted by molar-refractivity contribution is 5.80. The Morgan fingerprint density at radius 3 is 2.00 bits per heavy atom. The van der Waals surface area contributed by atoms with Gasteiger partial charge in [0.2, 0.25) is 5.91 Å². The summed E-state index contributed by atoms with van der Waals surface area (Å²) in [6.45, 7) is 0. The largest absolute Gasteiger partial charge is 0.369 e. The molecule has 2 nitrogen and oxygen atoms in total. The molecule has 1 fully saturated rings. The molecular formula is C20H19NO. The van der Waals surface area contributed by atoms with Crippen LogP contribution in [0, 0.1) is 5.92 Å². The Labute approximate surface area is 130 Å². The van der Waals surface area contributed by atoms with Gasteiger partial charge in [-0.2, -0.15) is 0 Å². The van der Waals surface area contributed by atoms with Crippen molar-refractivity contribution in [3.8, 4) is 0 Å². The van der Waals surface area contributed by atoms with Gasteiger partial charge in [-0.1, -0.05) is 60.7 Å². The summed E-state index contributed by atoms with van der Waals surface area (Å²) < 4.78 is 0. The van der Waals surface area contributed by atoms with Gasteiger partial charge in [-0.05, 0) is 41.5 Å². The standard InChI is InChI=1S/C20H19NO/c21-19(22)16-11-12-20(13-16)17-7-3-1-5-14(17)9-10-15-6-2-4-8-18(15)20/h1-10,16H,11-13H2,(H2,21,22)/t16-/m0/s1. The van der Waals surface area contributed by atoms with Crippen molar-refractivity contribution in [2.75, 3.05) is 0 Å². The fourth-order valence-electron chi connectivity index (χ4n) is 4.26. The summed E-state index contributed by atoms with van der Waals surface area (Å²) in [5.41, 5.74) is 10.7. The maximum Gasteiger partial charge on any atom is 0.220 e. The summed E-state index contributed by atoms with van der Waals surface area (Å²) in [5, 5.41) is 0. The Bertz CT molecular complexity index is 725. The number of hydrogen-bond donors (Lipinski definition) is 1. The molecule has 0 aliphatic heterocycles. The molecule has 0 radical (unpaired) electrons. The number of primary amides is 1. The van der Waals surface area contributed by atoms with Crippen LogP contribution in [-0.2, 0) is 10.2 Å². The third-order valence-corrected chi connectivity index (χ3v) is 5.31. The minimum absolute atomic E-state index is 0.0285. The Morgan fingerprint density at radius 1 is 0.955 bits per heavy atom. The van der Waals surface area contributed by atoms with E-state index in [0.29, 0.717) is 0 Å². The van der Waals surface area contributed by atoms with Crippen molar-refractivity contribution in [1.29, 1.82) is 0 Å². The first kappa shape index (κ1) is 13.3. The number of fused-ring (bicyclic) bond motifs is 4. The van der Waals surface area contributed by atoms with Crippen LogP contribution in [0.4, 0.5) is 0 Å². The van der Waals surface area contributed by atoms with Gasteiger partial charge in [0.05, 0.1) is 0 Å². The second-order valence-corrected chi connectivity index (χ2v) is 6.43. The zero-order chi connectivity index (χ0) is 15.2. The van der Waals surface area contributed by atoms with Crippen LogP contribution in [0.15, 0.2) is 48.5 Å². The lowest BCUT2D eigenvalue weighted by Gasteiger charge is -2.32. The van der Waals surface area contributed by atoms with Gasteiger partial charge >= 0.3 is 0 Å². The van der Waals surface area contributed by atoms with Gasteiger partial charge in [-0.25, -0.2) is 0 Å². The molecule has 2 N–H and O–H groups in total. The monoisotopic (exact) mass is 289 g/mol. The first-order valence-corrected chi connectivity index (χ1v) is 7.87. The first-order chi connectivity index (χ1) is 10.7. The van der Waals surface area contributed by atoms with E-state index in [-0.39, 0.29) is 17.2 Å². The third-order valence-electron chi connectivity index (χ3n) is 5.31.